The number of rotatable bonds is 5. The van der Waals surface area contributed by atoms with E-state index in [0.29, 0.717) is 26.1 Å². The highest BCUT2D eigenvalue weighted by Gasteiger charge is 2.39. The zero-order valence-corrected chi connectivity index (χ0v) is 19.6. The Labute approximate surface area is 181 Å². The van der Waals surface area contributed by atoms with Crippen molar-refractivity contribution in [1.29, 1.82) is 0 Å². The highest BCUT2D eigenvalue weighted by Crippen LogP contribution is 2.31. The molecule has 6 nitrogen and oxygen atoms in total. The molecule has 168 valence electrons. The number of carbonyl (C=O) groups excluding carboxylic acids is 2. The average molecular weight is 419 g/mol. The summed E-state index contributed by atoms with van der Waals surface area (Å²) in [5.74, 6) is -0.521. The molecule has 2 N–H and O–H groups in total. The van der Waals surface area contributed by atoms with Crippen molar-refractivity contribution in [3.8, 4) is 0 Å². The van der Waals surface area contributed by atoms with Gasteiger partial charge in [-0.05, 0) is 78.4 Å². The number of aryl methyl sites for hydroxylation is 1. The Bertz CT molecular complexity index is 761. The van der Waals surface area contributed by atoms with Gasteiger partial charge >= 0.3 is 12.1 Å². The first-order chi connectivity index (χ1) is 13.8. The van der Waals surface area contributed by atoms with Crippen LogP contribution in [0.5, 0.6) is 0 Å². The van der Waals surface area contributed by atoms with Gasteiger partial charge in [0.05, 0.1) is 5.92 Å². The molecule has 1 fully saturated rings. The lowest BCUT2D eigenvalue weighted by Gasteiger charge is -2.28. The lowest BCUT2D eigenvalue weighted by molar-refractivity contribution is -0.161. The molecule has 6 heteroatoms. The summed E-state index contributed by atoms with van der Waals surface area (Å²) in [5, 5.41) is 0. The van der Waals surface area contributed by atoms with Crippen LogP contribution in [0, 0.1) is 18.8 Å². The summed E-state index contributed by atoms with van der Waals surface area (Å²) in [6.07, 6.45) is 0.990. The molecule has 0 radical (unpaired) electrons. The lowest BCUT2D eigenvalue weighted by Crippen LogP contribution is -2.38. The molecule has 2 rings (SSSR count). The summed E-state index contributed by atoms with van der Waals surface area (Å²) < 4.78 is 11.3. The topological polar surface area (TPSA) is 81.9 Å². The maximum atomic E-state index is 13.1. The first-order valence-corrected chi connectivity index (χ1v) is 10.8. The molecule has 0 aliphatic carbocycles. The SMILES string of the molecule is Cc1cc(CN)cc(C[C@H](C(=O)OC(C)(C)C)[C@H]2CCN(C(=O)OC(C)(C)C)C2)c1. The van der Waals surface area contributed by atoms with Crippen LogP contribution in [0.15, 0.2) is 18.2 Å². The van der Waals surface area contributed by atoms with Crippen molar-refractivity contribution in [1.82, 2.24) is 4.90 Å². The van der Waals surface area contributed by atoms with E-state index in [0.717, 1.165) is 23.1 Å². The zero-order valence-electron chi connectivity index (χ0n) is 19.6. The van der Waals surface area contributed by atoms with E-state index in [-0.39, 0.29) is 23.9 Å². The molecule has 1 aromatic carbocycles. The Hall–Kier alpha value is -2.08. The van der Waals surface area contributed by atoms with Crippen LogP contribution in [0.25, 0.3) is 0 Å². The van der Waals surface area contributed by atoms with Crippen molar-refractivity contribution in [2.75, 3.05) is 13.1 Å². The maximum absolute atomic E-state index is 13.1. The maximum Gasteiger partial charge on any atom is 0.410 e. The zero-order chi connectivity index (χ0) is 22.7. The summed E-state index contributed by atoms with van der Waals surface area (Å²) in [6.45, 7) is 14.8. The highest BCUT2D eigenvalue weighted by atomic mass is 16.6. The molecule has 1 amide bonds. The predicted octanol–water partition coefficient (Wildman–Crippen LogP) is 4.21. The standard InChI is InChI=1S/C24H38N2O4/c1-16-10-17(12-18(11-16)14-25)13-20(21(27)29-23(2,3)4)19-8-9-26(15-19)22(28)30-24(5,6)7/h10-12,19-20H,8-9,13-15,25H2,1-7H3/t19-,20-/m0/s1. The second-order valence-electron chi connectivity index (χ2n) is 10.4. The van der Waals surface area contributed by atoms with E-state index in [1.807, 2.05) is 48.5 Å². The summed E-state index contributed by atoms with van der Waals surface area (Å²) in [7, 11) is 0. The van der Waals surface area contributed by atoms with Gasteiger partial charge in [-0.2, -0.15) is 0 Å². The molecule has 1 heterocycles. The lowest BCUT2D eigenvalue weighted by atomic mass is 9.85. The normalized spacial score (nSPS) is 18.3. The van der Waals surface area contributed by atoms with Gasteiger partial charge in [0.25, 0.3) is 0 Å². The molecule has 30 heavy (non-hydrogen) atoms. The summed E-state index contributed by atoms with van der Waals surface area (Å²) in [5.41, 5.74) is 7.98. The Kier molecular flexibility index (Phi) is 7.56. The molecule has 0 spiro atoms. The van der Waals surface area contributed by atoms with Crippen LogP contribution < -0.4 is 5.73 Å². The Morgan fingerprint density at radius 1 is 1.07 bits per heavy atom. The number of esters is 1. The molecule has 2 atom stereocenters. The van der Waals surface area contributed by atoms with Crippen LogP contribution in [0.2, 0.25) is 0 Å². The monoisotopic (exact) mass is 418 g/mol. The van der Waals surface area contributed by atoms with Crippen molar-refractivity contribution in [3.63, 3.8) is 0 Å². The van der Waals surface area contributed by atoms with Gasteiger partial charge in [0.2, 0.25) is 0 Å². The van der Waals surface area contributed by atoms with E-state index in [1.54, 1.807) is 4.90 Å². The summed E-state index contributed by atoms with van der Waals surface area (Å²) >= 11 is 0. The van der Waals surface area contributed by atoms with Gasteiger partial charge in [-0.1, -0.05) is 23.8 Å². The first kappa shape index (κ1) is 24.2. The number of carbonyl (C=O) groups is 2. The van der Waals surface area contributed by atoms with Crippen LogP contribution >= 0.6 is 0 Å². The fourth-order valence-electron chi connectivity index (χ4n) is 3.87. The van der Waals surface area contributed by atoms with Crippen LogP contribution in [-0.2, 0) is 27.2 Å². The first-order valence-electron chi connectivity index (χ1n) is 10.8. The largest absolute Gasteiger partial charge is 0.460 e. The van der Waals surface area contributed by atoms with Crippen LogP contribution in [-0.4, -0.2) is 41.3 Å². The average Bonchev–Trinajstić information content (AvgIpc) is 3.06. The number of hydrogen-bond donors (Lipinski definition) is 1. The van der Waals surface area contributed by atoms with Gasteiger partial charge < -0.3 is 20.1 Å². The van der Waals surface area contributed by atoms with Gasteiger partial charge in [0.1, 0.15) is 11.2 Å². The molecule has 0 aromatic heterocycles. The summed E-state index contributed by atoms with van der Waals surface area (Å²) in [4.78, 5) is 27.3. The van der Waals surface area contributed by atoms with E-state index in [9.17, 15) is 9.59 Å². The smallest absolute Gasteiger partial charge is 0.410 e. The third kappa shape index (κ3) is 7.31. The molecule has 0 bridgehead atoms. The highest BCUT2D eigenvalue weighted by molar-refractivity contribution is 5.74. The van der Waals surface area contributed by atoms with E-state index >= 15 is 0 Å². The third-order valence-corrected chi connectivity index (χ3v) is 5.04. The number of nitrogens with zero attached hydrogens (tertiary/aromatic N) is 1. The fourth-order valence-corrected chi connectivity index (χ4v) is 3.87. The molecular formula is C24H38N2O4. The number of likely N-dealkylation sites (tertiary alicyclic amines) is 1. The molecule has 0 unspecified atom stereocenters. The van der Waals surface area contributed by atoms with Crippen molar-refractivity contribution >= 4 is 12.1 Å². The number of benzene rings is 1. The number of ether oxygens (including phenoxy) is 2. The van der Waals surface area contributed by atoms with Crippen molar-refractivity contribution in [3.05, 3.63) is 34.9 Å². The number of amides is 1. The van der Waals surface area contributed by atoms with E-state index in [4.69, 9.17) is 15.2 Å². The van der Waals surface area contributed by atoms with Crippen molar-refractivity contribution < 1.29 is 19.1 Å². The van der Waals surface area contributed by atoms with Gasteiger partial charge in [-0.15, -0.1) is 0 Å². The van der Waals surface area contributed by atoms with E-state index < -0.39 is 11.2 Å². The molecule has 1 saturated heterocycles. The van der Waals surface area contributed by atoms with Crippen LogP contribution in [0.4, 0.5) is 4.79 Å². The molecule has 1 aliphatic heterocycles. The van der Waals surface area contributed by atoms with Gasteiger partial charge in [0, 0.05) is 19.6 Å². The van der Waals surface area contributed by atoms with Crippen molar-refractivity contribution in [2.45, 2.75) is 79.1 Å². The minimum atomic E-state index is -0.562. The van der Waals surface area contributed by atoms with Crippen molar-refractivity contribution in [2.24, 2.45) is 17.6 Å². The number of hydrogen-bond acceptors (Lipinski definition) is 5. The molecule has 1 aliphatic rings. The van der Waals surface area contributed by atoms with Crippen LogP contribution in [0.3, 0.4) is 0 Å². The van der Waals surface area contributed by atoms with Gasteiger partial charge in [0.15, 0.2) is 0 Å². The minimum Gasteiger partial charge on any atom is -0.460 e. The molecule has 0 saturated carbocycles. The quantitative estimate of drug-likeness (QED) is 0.724. The molecule has 1 aromatic rings. The predicted molar refractivity (Wildman–Crippen MR) is 118 cm³/mol. The van der Waals surface area contributed by atoms with Gasteiger partial charge in [-0.3, -0.25) is 4.79 Å². The third-order valence-electron chi connectivity index (χ3n) is 5.04. The fraction of sp³-hybridized carbons (Fsp3) is 0.667. The minimum absolute atomic E-state index is 0.0224. The van der Waals surface area contributed by atoms with Crippen LogP contribution in [0.1, 0.15) is 64.7 Å². The Morgan fingerprint density at radius 3 is 2.23 bits per heavy atom. The Morgan fingerprint density at radius 2 is 1.67 bits per heavy atom. The number of nitrogens with two attached hydrogens (primary N) is 1. The molecular weight excluding hydrogens is 380 g/mol. The van der Waals surface area contributed by atoms with Gasteiger partial charge in [-0.25, -0.2) is 4.79 Å². The summed E-state index contributed by atoms with van der Waals surface area (Å²) in [6, 6.07) is 6.22. The Balaban J connectivity index is 2.21. The second kappa shape index (κ2) is 9.38. The van der Waals surface area contributed by atoms with E-state index in [2.05, 4.69) is 18.2 Å². The van der Waals surface area contributed by atoms with E-state index in [1.165, 1.54) is 0 Å². The second-order valence-corrected chi connectivity index (χ2v) is 10.4.